The molecule has 0 aliphatic heterocycles. The molecule has 11 heavy (non-hydrogen) atoms. The van der Waals surface area contributed by atoms with Crippen LogP contribution in [-0.4, -0.2) is 6.04 Å². The molecule has 0 aromatic rings. The van der Waals surface area contributed by atoms with Crippen molar-refractivity contribution >= 4 is 0 Å². The van der Waals surface area contributed by atoms with E-state index in [0.29, 0.717) is 11.5 Å². The van der Waals surface area contributed by atoms with Gasteiger partial charge in [0.25, 0.3) is 0 Å². The van der Waals surface area contributed by atoms with E-state index in [2.05, 4.69) is 26.2 Å². The van der Waals surface area contributed by atoms with Crippen molar-refractivity contribution in [2.24, 2.45) is 17.2 Å². The fraction of sp³-hybridized carbons (Fsp3) is 1.00. The predicted octanol–water partition coefficient (Wildman–Crippen LogP) is 1.66. The first-order valence-electron chi connectivity index (χ1n) is 4.58. The van der Waals surface area contributed by atoms with Gasteiger partial charge in [-0.05, 0) is 24.2 Å². The minimum Gasteiger partial charge on any atom is -0.271 e. The lowest BCUT2D eigenvalue weighted by Crippen LogP contribution is -2.37. The molecule has 3 N–H and O–H groups in total. The van der Waals surface area contributed by atoms with Gasteiger partial charge in [-0.1, -0.05) is 27.2 Å². The molecule has 0 aromatic carbocycles. The van der Waals surface area contributed by atoms with Crippen LogP contribution in [-0.2, 0) is 0 Å². The normalized spacial score (nSPS) is 30.0. The molecule has 0 bridgehead atoms. The summed E-state index contributed by atoms with van der Waals surface area (Å²) in [7, 11) is 0. The Bertz CT molecular complexity index is 132. The molecule has 2 atom stereocenters. The first-order chi connectivity index (χ1) is 5.11. The average molecular weight is 156 g/mol. The molecule has 2 heteroatoms. The summed E-state index contributed by atoms with van der Waals surface area (Å²) >= 11 is 0. The first kappa shape index (κ1) is 9.01. The quantitative estimate of drug-likeness (QED) is 0.480. The van der Waals surface area contributed by atoms with Gasteiger partial charge >= 0.3 is 0 Å². The molecule has 66 valence electrons. The molecular formula is C9H20N2. The number of hydrogen-bond acceptors (Lipinski definition) is 2. The molecule has 1 rings (SSSR count). The number of hydrazine groups is 1. The zero-order valence-electron chi connectivity index (χ0n) is 7.85. The fourth-order valence-corrected chi connectivity index (χ4v) is 1.91. The predicted molar refractivity (Wildman–Crippen MR) is 47.9 cm³/mol. The first-order valence-corrected chi connectivity index (χ1v) is 4.58. The summed E-state index contributed by atoms with van der Waals surface area (Å²) in [6, 6.07) is 0.551. The van der Waals surface area contributed by atoms with Gasteiger partial charge in [-0.2, -0.15) is 0 Å². The molecule has 0 aromatic heterocycles. The van der Waals surface area contributed by atoms with Crippen molar-refractivity contribution < 1.29 is 0 Å². The monoisotopic (exact) mass is 156 g/mol. The Hall–Kier alpha value is -0.0800. The average Bonchev–Trinajstić information content (AvgIpc) is 2.55. The van der Waals surface area contributed by atoms with E-state index in [9.17, 15) is 0 Å². The largest absolute Gasteiger partial charge is 0.271 e. The summed E-state index contributed by atoms with van der Waals surface area (Å²) in [5, 5.41) is 0. The zero-order valence-corrected chi connectivity index (χ0v) is 7.85. The van der Waals surface area contributed by atoms with Crippen LogP contribution in [0, 0.1) is 11.3 Å². The summed E-state index contributed by atoms with van der Waals surface area (Å²) in [5.74, 6) is 6.28. The lowest BCUT2D eigenvalue weighted by molar-refractivity contribution is 0.388. The van der Waals surface area contributed by atoms with Crippen molar-refractivity contribution in [1.29, 1.82) is 0 Å². The Morgan fingerprint density at radius 1 is 1.64 bits per heavy atom. The van der Waals surface area contributed by atoms with Crippen molar-refractivity contribution in [2.75, 3.05) is 0 Å². The molecule has 1 aliphatic rings. The van der Waals surface area contributed by atoms with Crippen molar-refractivity contribution in [2.45, 2.75) is 46.1 Å². The molecule has 1 aliphatic carbocycles. The van der Waals surface area contributed by atoms with Crippen molar-refractivity contribution in [3.8, 4) is 0 Å². The lowest BCUT2D eigenvalue weighted by atomic mass is 10.0. The molecule has 0 saturated heterocycles. The Kier molecular flexibility index (Phi) is 2.55. The summed E-state index contributed by atoms with van der Waals surface area (Å²) < 4.78 is 0. The second-order valence-corrected chi connectivity index (χ2v) is 4.36. The van der Waals surface area contributed by atoms with E-state index in [1.165, 1.54) is 19.3 Å². The topological polar surface area (TPSA) is 38.0 Å². The maximum Gasteiger partial charge on any atom is 0.0243 e. The number of rotatable bonds is 4. The highest BCUT2D eigenvalue weighted by molar-refractivity contribution is 5.00. The van der Waals surface area contributed by atoms with Crippen LogP contribution >= 0.6 is 0 Å². The summed E-state index contributed by atoms with van der Waals surface area (Å²) in [6.07, 6.45) is 3.77. The van der Waals surface area contributed by atoms with Gasteiger partial charge in [0.15, 0.2) is 0 Å². The molecule has 0 spiro atoms. The number of hydrogen-bond donors (Lipinski definition) is 2. The Labute approximate surface area is 69.5 Å². The molecule has 1 fully saturated rings. The Morgan fingerprint density at radius 2 is 2.18 bits per heavy atom. The third-order valence-corrected chi connectivity index (χ3v) is 2.89. The molecular weight excluding hydrogens is 136 g/mol. The van der Waals surface area contributed by atoms with Crippen LogP contribution < -0.4 is 11.3 Å². The highest BCUT2D eigenvalue weighted by Gasteiger charge is 2.49. The lowest BCUT2D eigenvalue weighted by Gasteiger charge is -2.16. The van der Waals surface area contributed by atoms with E-state index < -0.39 is 0 Å². The van der Waals surface area contributed by atoms with Gasteiger partial charge in [0, 0.05) is 6.04 Å². The standard InChI is InChI=1S/C9H20N2/c1-4-5-8(11-10)7-6-9(7,2)3/h7-8,11H,4-6,10H2,1-3H3. The van der Waals surface area contributed by atoms with Gasteiger partial charge in [0.2, 0.25) is 0 Å². The van der Waals surface area contributed by atoms with Gasteiger partial charge in [0.05, 0.1) is 0 Å². The van der Waals surface area contributed by atoms with Crippen LogP contribution in [0.5, 0.6) is 0 Å². The molecule has 1 saturated carbocycles. The van der Waals surface area contributed by atoms with Crippen LogP contribution in [0.4, 0.5) is 0 Å². The summed E-state index contributed by atoms with van der Waals surface area (Å²) in [4.78, 5) is 0. The molecule has 2 unspecified atom stereocenters. The van der Waals surface area contributed by atoms with E-state index in [-0.39, 0.29) is 0 Å². The van der Waals surface area contributed by atoms with E-state index in [1.54, 1.807) is 0 Å². The third-order valence-electron chi connectivity index (χ3n) is 2.89. The van der Waals surface area contributed by atoms with Gasteiger partial charge in [-0.3, -0.25) is 11.3 Å². The van der Waals surface area contributed by atoms with Crippen molar-refractivity contribution in [1.82, 2.24) is 5.43 Å². The Morgan fingerprint density at radius 3 is 2.45 bits per heavy atom. The second-order valence-electron chi connectivity index (χ2n) is 4.36. The Balaban J connectivity index is 2.33. The van der Waals surface area contributed by atoms with E-state index in [1.807, 2.05) is 0 Å². The highest BCUT2D eigenvalue weighted by Crippen LogP contribution is 2.54. The van der Waals surface area contributed by atoms with Crippen LogP contribution in [0.15, 0.2) is 0 Å². The van der Waals surface area contributed by atoms with Crippen LogP contribution in [0.1, 0.15) is 40.0 Å². The highest BCUT2D eigenvalue weighted by atomic mass is 15.2. The molecule has 2 nitrogen and oxygen atoms in total. The second kappa shape index (κ2) is 3.11. The smallest absolute Gasteiger partial charge is 0.0243 e. The zero-order chi connectivity index (χ0) is 8.48. The van der Waals surface area contributed by atoms with Gasteiger partial charge in [-0.25, -0.2) is 0 Å². The van der Waals surface area contributed by atoms with Gasteiger partial charge in [-0.15, -0.1) is 0 Å². The summed E-state index contributed by atoms with van der Waals surface area (Å²) in [6.45, 7) is 6.84. The maximum absolute atomic E-state index is 5.47. The number of nitrogens with two attached hydrogens (primary N) is 1. The molecule has 0 heterocycles. The molecule has 0 amide bonds. The van der Waals surface area contributed by atoms with Gasteiger partial charge < -0.3 is 0 Å². The van der Waals surface area contributed by atoms with Crippen LogP contribution in [0.3, 0.4) is 0 Å². The number of nitrogens with one attached hydrogen (secondary N) is 1. The van der Waals surface area contributed by atoms with E-state index >= 15 is 0 Å². The summed E-state index contributed by atoms with van der Waals surface area (Å²) in [5.41, 5.74) is 3.47. The van der Waals surface area contributed by atoms with Gasteiger partial charge in [0.1, 0.15) is 0 Å². The van der Waals surface area contributed by atoms with Crippen LogP contribution in [0.25, 0.3) is 0 Å². The minimum atomic E-state index is 0.548. The van der Waals surface area contributed by atoms with Crippen LogP contribution in [0.2, 0.25) is 0 Å². The van der Waals surface area contributed by atoms with E-state index in [0.717, 1.165) is 5.92 Å². The van der Waals surface area contributed by atoms with Crippen molar-refractivity contribution in [3.05, 3.63) is 0 Å². The minimum absolute atomic E-state index is 0.548. The van der Waals surface area contributed by atoms with Crippen molar-refractivity contribution in [3.63, 3.8) is 0 Å². The van der Waals surface area contributed by atoms with E-state index in [4.69, 9.17) is 5.84 Å². The molecule has 0 radical (unpaired) electrons. The maximum atomic E-state index is 5.47. The fourth-order valence-electron chi connectivity index (χ4n) is 1.91. The SMILES string of the molecule is CCCC(NN)C1CC1(C)C. The third kappa shape index (κ3) is 1.94.